The van der Waals surface area contributed by atoms with E-state index in [4.69, 9.17) is 9.47 Å². The fourth-order valence-corrected chi connectivity index (χ4v) is 4.04. The highest BCUT2D eigenvalue weighted by Gasteiger charge is 2.40. The van der Waals surface area contributed by atoms with Crippen LogP contribution in [0.25, 0.3) is 0 Å². The van der Waals surface area contributed by atoms with Crippen LogP contribution in [0.15, 0.2) is 6.20 Å². The maximum atomic E-state index is 12.0. The number of nitrogens with zero attached hydrogens (tertiary/aromatic N) is 3. The highest BCUT2D eigenvalue weighted by molar-refractivity contribution is 5.70. The number of hydrogen-bond donors (Lipinski definition) is 0. The Kier molecular flexibility index (Phi) is 5.11. The molecule has 0 N–H and O–H groups in total. The van der Waals surface area contributed by atoms with Gasteiger partial charge in [0.15, 0.2) is 0 Å². The number of rotatable bonds is 6. The molecular weight excluding hydrogens is 322 g/mol. The average Bonchev–Trinajstić information content (AvgIpc) is 3.19. The molecule has 7 nitrogen and oxygen atoms in total. The Morgan fingerprint density at radius 1 is 1.24 bits per heavy atom. The third kappa shape index (κ3) is 5.03. The van der Waals surface area contributed by atoms with Crippen molar-refractivity contribution in [1.29, 1.82) is 0 Å². The van der Waals surface area contributed by atoms with Gasteiger partial charge < -0.3 is 9.47 Å². The lowest BCUT2D eigenvalue weighted by Crippen LogP contribution is -2.26. The van der Waals surface area contributed by atoms with E-state index < -0.39 is 5.60 Å². The van der Waals surface area contributed by atoms with Gasteiger partial charge in [-0.1, -0.05) is 11.6 Å². The molecule has 2 bridgehead atoms. The van der Waals surface area contributed by atoms with E-state index in [0.717, 1.165) is 5.92 Å². The van der Waals surface area contributed by atoms with Gasteiger partial charge in [0.2, 0.25) is 0 Å². The number of fused-ring (bicyclic) bond motifs is 2. The minimum atomic E-state index is -0.532. The lowest BCUT2D eigenvalue weighted by Gasteiger charge is -2.20. The molecule has 3 atom stereocenters. The predicted molar refractivity (Wildman–Crippen MR) is 89.2 cm³/mol. The average molecular weight is 349 g/mol. The van der Waals surface area contributed by atoms with Crippen LogP contribution in [0.5, 0.6) is 0 Å². The topological polar surface area (TPSA) is 83.3 Å². The summed E-state index contributed by atoms with van der Waals surface area (Å²) in [5.41, 5.74) is 0.000235. The summed E-state index contributed by atoms with van der Waals surface area (Å²) in [5.74, 6) is 1.49. The number of aromatic nitrogens is 3. The monoisotopic (exact) mass is 349 g/mol. The molecule has 2 fully saturated rings. The van der Waals surface area contributed by atoms with Crippen molar-refractivity contribution < 1.29 is 19.1 Å². The van der Waals surface area contributed by atoms with Crippen molar-refractivity contribution in [2.24, 2.45) is 17.8 Å². The maximum absolute atomic E-state index is 12.0. The quantitative estimate of drug-likeness (QED) is 0.734. The van der Waals surface area contributed by atoms with Crippen molar-refractivity contribution >= 4 is 11.9 Å². The Morgan fingerprint density at radius 3 is 2.68 bits per heavy atom. The first-order valence-electron chi connectivity index (χ1n) is 9.05. The summed E-state index contributed by atoms with van der Waals surface area (Å²) in [6.07, 6.45) is 7.17. The largest absolute Gasteiger partial charge is 0.459 e. The molecule has 138 valence electrons. The van der Waals surface area contributed by atoms with Crippen LogP contribution < -0.4 is 0 Å². The first-order valence-corrected chi connectivity index (χ1v) is 9.05. The maximum Gasteiger partial charge on any atom is 0.328 e. The molecule has 0 amide bonds. The molecular formula is C18H27N3O4. The summed E-state index contributed by atoms with van der Waals surface area (Å²) in [5, 5.41) is 7.81. The Balaban J connectivity index is 1.41. The lowest BCUT2D eigenvalue weighted by molar-refractivity contribution is -0.155. The Bertz CT molecular complexity index is 635. The Labute approximate surface area is 148 Å². The van der Waals surface area contributed by atoms with Gasteiger partial charge in [-0.15, -0.1) is 5.10 Å². The number of hydrogen-bond acceptors (Lipinski definition) is 6. The van der Waals surface area contributed by atoms with E-state index in [9.17, 15) is 9.59 Å². The molecule has 3 rings (SSSR count). The van der Waals surface area contributed by atoms with E-state index in [1.54, 1.807) is 6.20 Å². The fraction of sp³-hybridized carbons (Fsp3) is 0.778. The smallest absolute Gasteiger partial charge is 0.328 e. The molecule has 1 aromatic heterocycles. The molecule has 3 unspecified atom stereocenters. The van der Waals surface area contributed by atoms with E-state index in [-0.39, 0.29) is 25.1 Å². The van der Waals surface area contributed by atoms with Gasteiger partial charge in [-0.2, -0.15) is 0 Å². The van der Waals surface area contributed by atoms with Gasteiger partial charge in [0, 0.05) is 6.42 Å². The lowest BCUT2D eigenvalue weighted by atomic mass is 9.86. The van der Waals surface area contributed by atoms with Gasteiger partial charge >= 0.3 is 11.9 Å². The van der Waals surface area contributed by atoms with Gasteiger partial charge in [0.25, 0.3) is 0 Å². The molecule has 0 spiro atoms. The zero-order valence-corrected chi connectivity index (χ0v) is 15.2. The zero-order chi connectivity index (χ0) is 18.0. The molecule has 0 radical (unpaired) electrons. The van der Waals surface area contributed by atoms with E-state index in [1.165, 1.54) is 30.4 Å². The van der Waals surface area contributed by atoms with Crippen LogP contribution in [-0.2, 0) is 32.2 Å². The van der Waals surface area contributed by atoms with Gasteiger partial charge in [-0.3, -0.25) is 9.59 Å². The second kappa shape index (κ2) is 7.14. The molecule has 2 aliphatic carbocycles. The minimum absolute atomic E-state index is 0.0106. The first-order chi connectivity index (χ1) is 11.8. The van der Waals surface area contributed by atoms with Gasteiger partial charge in [-0.05, 0) is 57.8 Å². The van der Waals surface area contributed by atoms with Crippen LogP contribution in [0.2, 0.25) is 0 Å². The highest BCUT2D eigenvalue weighted by atomic mass is 16.6. The summed E-state index contributed by atoms with van der Waals surface area (Å²) < 4.78 is 12.0. The summed E-state index contributed by atoms with van der Waals surface area (Å²) in [6, 6.07) is 0. The van der Waals surface area contributed by atoms with Crippen LogP contribution in [0, 0.1) is 17.8 Å². The van der Waals surface area contributed by atoms with Crippen LogP contribution in [0.3, 0.4) is 0 Å². The van der Waals surface area contributed by atoms with Crippen molar-refractivity contribution in [2.75, 3.05) is 0 Å². The second-order valence-corrected chi connectivity index (χ2v) is 8.29. The van der Waals surface area contributed by atoms with Crippen LogP contribution in [0.4, 0.5) is 0 Å². The molecule has 0 saturated heterocycles. The molecule has 1 aromatic rings. The van der Waals surface area contributed by atoms with Crippen molar-refractivity contribution in [1.82, 2.24) is 15.0 Å². The third-order valence-electron chi connectivity index (χ3n) is 4.99. The van der Waals surface area contributed by atoms with Gasteiger partial charge in [0.1, 0.15) is 24.4 Å². The predicted octanol–water partition coefficient (Wildman–Crippen LogP) is 2.49. The fourth-order valence-electron chi connectivity index (χ4n) is 4.04. The number of esters is 2. The van der Waals surface area contributed by atoms with Crippen molar-refractivity contribution in [3.05, 3.63) is 11.9 Å². The number of carbonyl (C=O) groups excluding carboxylic acids is 2. The molecule has 7 heteroatoms. The molecule has 2 saturated carbocycles. The van der Waals surface area contributed by atoms with Crippen LogP contribution in [0.1, 0.15) is 58.6 Å². The summed E-state index contributed by atoms with van der Waals surface area (Å²) in [7, 11) is 0. The Hall–Kier alpha value is -1.92. The van der Waals surface area contributed by atoms with Gasteiger partial charge in [0.05, 0.1) is 6.20 Å². The van der Waals surface area contributed by atoms with Crippen LogP contribution in [-0.4, -0.2) is 32.5 Å². The van der Waals surface area contributed by atoms with E-state index in [0.29, 0.717) is 24.0 Å². The number of carbonyl (C=O) groups is 2. The van der Waals surface area contributed by atoms with Crippen molar-refractivity contribution in [2.45, 2.75) is 71.6 Å². The summed E-state index contributed by atoms with van der Waals surface area (Å²) >= 11 is 0. The van der Waals surface area contributed by atoms with Crippen LogP contribution >= 0.6 is 0 Å². The molecule has 25 heavy (non-hydrogen) atoms. The highest BCUT2D eigenvalue weighted by Crippen LogP contribution is 2.49. The first kappa shape index (κ1) is 17.9. The summed E-state index contributed by atoms with van der Waals surface area (Å²) in [6.45, 7) is 5.52. The zero-order valence-electron chi connectivity index (χ0n) is 15.2. The number of ether oxygens (including phenoxy) is 2. The molecule has 2 aliphatic rings. The standard InChI is InChI=1S/C18H27N3O4/c1-18(2,3)25-17(23)10-21-9-15(19-20-21)11-24-16(22)8-14-7-12-4-5-13(14)6-12/h9,12-14H,4-8,10-11H2,1-3H3. The second-order valence-electron chi connectivity index (χ2n) is 8.29. The molecule has 1 heterocycles. The van der Waals surface area contributed by atoms with E-state index in [1.807, 2.05) is 20.8 Å². The Morgan fingerprint density at radius 2 is 2.04 bits per heavy atom. The van der Waals surface area contributed by atoms with E-state index >= 15 is 0 Å². The molecule has 0 aliphatic heterocycles. The minimum Gasteiger partial charge on any atom is -0.459 e. The third-order valence-corrected chi connectivity index (χ3v) is 4.99. The van der Waals surface area contributed by atoms with Crippen molar-refractivity contribution in [3.8, 4) is 0 Å². The summed E-state index contributed by atoms with van der Waals surface area (Å²) in [4.78, 5) is 23.8. The normalized spacial score (nSPS) is 25.2. The molecule has 0 aromatic carbocycles. The SMILES string of the molecule is CC(C)(C)OC(=O)Cn1cc(COC(=O)CC2CC3CCC2C3)nn1. The van der Waals surface area contributed by atoms with Gasteiger partial charge in [-0.25, -0.2) is 4.68 Å². The van der Waals surface area contributed by atoms with E-state index in [2.05, 4.69) is 10.3 Å². The van der Waals surface area contributed by atoms with Crippen molar-refractivity contribution in [3.63, 3.8) is 0 Å².